The summed E-state index contributed by atoms with van der Waals surface area (Å²) in [6.07, 6.45) is 4.61. The number of carbonyl (C=O) groups is 7. The predicted octanol–water partition coefficient (Wildman–Crippen LogP) is 0.711. The second-order valence-corrected chi connectivity index (χ2v) is 15.0. The number of primary amides is 1. The van der Waals surface area contributed by atoms with Crippen molar-refractivity contribution in [2.75, 3.05) is 25.0 Å². The first-order valence-electron chi connectivity index (χ1n) is 19.0. The maximum absolute atomic E-state index is 14.0. The van der Waals surface area contributed by atoms with Crippen LogP contribution in [0.1, 0.15) is 78.2 Å². The van der Waals surface area contributed by atoms with Gasteiger partial charge in [-0.25, -0.2) is 4.79 Å². The van der Waals surface area contributed by atoms with Gasteiger partial charge in [0.2, 0.25) is 23.6 Å². The monoisotopic (exact) mass is 768 g/mol. The number of anilines is 1. The molecule has 1 aromatic carbocycles. The van der Waals surface area contributed by atoms with E-state index in [4.69, 9.17) is 20.9 Å². The van der Waals surface area contributed by atoms with Crippen molar-refractivity contribution in [3.63, 3.8) is 0 Å². The number of unbranched alkanes of at least 4 members (excludes halogenated alkanes) is 2. The number of nitrogens with two attached hydrogens (primary N) is 2. The van der Waals surface area contributed by atoms with Crippen LogP contribution in [-0.4, -0.2) is 102 Å². The molecule has 9 N–H and O–H groups in total. The maximum Gasteiger partial charge on any atom is 0.312 e. The first-order valence-corrected chi connectivity index (χ1v) is 19.0. The minimum atomic E-state index is -1.04. The number of nitrogens with one attached hydrogen (secondary N) is 5. The highest BCUT2D eigenvalue weighted by molar-refractivity contribution is 6.12. The number of ether oxygens (including phenoxy) is 2. The summed E-state index contributed by atoms with van der Waals surface area (Å²) in [4.78, 5) is 90.4. The summed E-state index contributed by atoms with van der Waals surface area (Å²) in [5, 5.41) is 13.9. The lowest BCUT2D eigenvalue weighted by Gasteiger charge is -2.30. The Kier molecular flexibility index (Phi) is 15.3. The zero-order valence-electron chi connectivity index (χ0n) is 32.1. The van der Waals surface area contributed by atoms with E-state index in [2.05, 4.69) is 26.6 Å². The molecule has 1 saturated heterocycles. The first-order chi connectivity index (χ1) is 26.1. The summed E-state index contributed by atoms with van der Waals surface area (Å²) in [5.41, 5.74) is 12.4. The van der Waals surface area contributed by atoms with Crippen LogP contribution in [0.4, 0.5) is 10.5 Å². The van der Waals surface area contributed by atoms with Crippen molar-refractivity contribution < 1.29 is 43.0 Å². The van der Waals surface area contributed by atoms with Gasteiger partial charge in [-0.2, -0.15) is 0 Å². The van der Waals surface area contributed by atoms with E-state index in [-0.39, 0.29) is 56.0 Å². The minimum absolute atomic E-state index is 0.153. The van der Waals surface area contributed by atoms with Crippen LogP contribution in [0.15, 0.2) is 36.4 Å². The molecule has 17 nitrogen and oxygen atoms in total. The summed E-state index contributed by atoms with van der Waals surface area (Å²) >= 11 is 0. The maximum atomic E-state index is 14.0. The first kappa shape index (κ1) is 42.9. The molecule has 2 aliphatic heterocycles. The van der Waals surface area contributed by atoms with Crippen molar-refractivity contribution in [3.8, 4) is 0 Å². The van der Waals surface area contributed by atoms with E-state index in [0.29, 0.717) is 44.3 Å². The second kappa shape index (κ2) is 19.6. The number of urea groups is 1. The molecule has 0 aromatic heterocycles. The molecule has 0 bridgehead atoms. The minimum Gasteiger partial charge on any atom is -0.352 e. The van der Waals surface area contributed by atoms with Crippen molar-refractivity contribution in [1.82, 2.24) is 26.2 Å². The molecule has 2 heterocycles. The van der Waals surface area contributed by atoms with Gasteiger partial charge in [0, 0.05) is 37.3 Å². The Morgan fingerprint density at radius 2 is 1.62 bits per heavy atom. The highest BCUT2D eigenvalue weighted by atomic mass is 16.8. The van der Waals surface area contributed by atoms with Gasteiger partial charge in [-0.3, -0.25) is 33.7 Å². The van der Waals surface area contributed by atoms with Crippen molar-refractivity contribution in [2.24, 2.45) is 23.3 Å². The van der Waals surface area contributed by atoms with Crippen LogP contribution >= 0.6 is 0 Å². The predicted molar refractivity (Wildman–Crippen MR) is 202 cm³/mol. The van der Waals surface area contributed by atoms with Gasteiger partial charge < -0.3 is 47.5 Å². The fourth-order valence-electron chi connectivity index (χ4n) is 7.06. The molecular weight excluding hydrogens is 712 g/mol. The van der Waals surface area contributed by atoms with E-state index in [9.17, 15) is 33.6 Å². The highest BCUT2D eigenvalue weighted by Crippen LogP contribution is 2.41. The van der Waals surface area contributed by atoms with Crippen LogP contribution in [0.2, 0.25) is 0 Å². The number of rotatable bonds is 20. The zero-order chi connectivity index (χ0) is 40.3. The fraction of sp³-hybridized carbons (Fsp3) is 0.605. The molecule has 55 heavy (non-hydrogen) atoms. The van der Waals surface area contributed by atoms with E-state index < -0.39 is 65.8 Å². The van der Waals surface area contributed by atoms with Gasteiger partial charge in [0.1, 0.15) is 18.2 Å². The van der Waals surface area contributed by atoms with Gasteiger partial charge >= 0.3 is 6.03 Å². The SMILES string of the molecule is CC(C)[C@@H](NC(=O)[C@H]1C[C@@H]2OC(C)(C)O[C@@H]2[C@@H]1NC(=O)CCCCCN1C(=O)C=CC1=O)C(=O)NC(CCCNC(N)=O)C(=O)Nc1ccc(CCN)cc1. The summed E-state index contributed by atoms with van der Waals surface area (Å²) in [5.74, 6) is -4.61. The van der Waals surface area contributed by atoms with Crippen molar-refractivity contribution in [2.45, 2.75) is 115 Å². The Balaban J connectivity index is 1.39. The molecule has 1 saturated carbocycles. The molecule has 1 unspecified atom stereocenters. The molecular formula is C38H56N8O9. The third-order valence-electron chi connectivity index (χ3n) is 9.85. The highest BCUT2D eigenvalue weighted by Gasteiger charge is 2.56. The van der Waals surface area contributed by atoms with Crippen LogP contribution in [0.5, 0.6) is 0 Å². The molecule has 302 valence electrons. The van der Waals surface area contributed by atoms with Crippen LogP contribution in [0, 0.1) is 11.8 Å². The number of hydrogen-bond donors (Lipinski definition) is 7. The van der Waals surface area contributed by atoms with Crippen LogP contribution in [0.3, 0.4) is 0 Å². The van der Waals surface area contributed by atoms with Gasteiger partial charge in [0.15, 0.2) is 5.79 Å². The Bertz CT molecular complexity index is 1580. The molecule has 3 aliphatic rings. The van der Waals surface area contributed by atoms with E-state index in [1.807, 2.05) is 12.1 Å². The largest absolute Gasteiger partial charge is 0.352 e. The molecule has 0 radical (unpaired) electrons. The van der Waals surface area contributed by atoms with E-state index in [1.165, 1.54) is 12.2 Å². The molecule has 4 rings (SSSR count). The van der Waals surface area contributed by atoms with E-state index in [0.717, 1.165) is 10.5 Å². The Morgan fingerprint density at radius 3 is 2.25 bits per heavy atom. The molecule has 8 amide bonds. The number of imide groups is 1. The lowest BCUT2D eigenvalue weighted by molar-refractivity contribution is -0.161. The molecule has 0 spiro atoms. The summed E-state index contributed by atoms with van der Waals surface area (Å²) in [6.45, 7) is 7.99. The van der Waals surface area contributed by atoms with Crippen LogP contribution in [-0.2, 0) is 44.7 Å². The topological polar surface area (TPSA) is 253 Å². The standard InChI is InChI=1S/C38H56N8O9/c1-22(2)31(36(52)43-26(9-8-19-41-37(40)53)35(51)42-24-13-11-23(12-14-24)17-18-39)45-34(50)25-21-27-33(55-38(3,4)54-27)32(25)44-28(47)10-6-5-7-20-46-29(48)15-16-30(46)49/h11-16,22,25-27,31-33H,5-10,17-21,39H2,1-4H3,(H,42,51)(H,43,52)(H,44,47)(H,45,50)(H3,40,41,53)/t25-,26?,27-,31+,32+,33-/m0/s1. The lowest BCUT2D eigenvalue weighted by Crippen LogP contribution is -2.57. The van der Waals surface area contributed by atoms with Crippen LogP contribution < -0.4 is 38.1 Å². The number of nitrogens with zero attached hydrogens (tertiary/aromatic N) is 1. The molecule has 6 atom stereocenters. The van der Waals surface area contributed by atoms with Crippen molar-refractivity contribution in [1.29, 1.82) is 0 Å². The lowest BCUT2D eigenvalue weighted by atomic mass is 9.97. The van der Waals surface area contributed by atoms with Gasteiger partial charge in [0.25, 0.3) is 11.8 Å². The summed E-state index contributed by atoms with van der Waals surface area (Å²) in [6, 6.07) is 3.68. The molecule has 1 aliphatic carbocycles. The van der Waals surface area contributed by atoms with Crippen LogP contribution in [0.25, 0.3) is 0 Å². The summed E-state index contributed by atoms with van der Waals surface area (Å²) < 4.78 is 12.2. The summed E-state index contributed by atoms with van der Waals surface area (Å²) in [7, 11) is 0. The van der Waals surface area contributed by atoms with Gasteiger partial charge in [0.05, 0.1) is 18.1 Å². The molecule has 17 heteroatoms. The average molecular weight is 769 g/mol. The van der Waals surface area contributed by atoms with E-state index in [1.54, 1.807) is 39.8 Å². The zero-order valence-corrected chi connectivity index (χ0v) is 32.1. The fourth-order valence-corrected chi connectivity index (χ4v) is 7.06. The third kappa shape index (κ3) is 12.3. The smallest absolute Gasteiger partial charge is 0.312 e. The molecule has 2 fully saturated rings. The van der Waals surface area contributed by atoms with E-state index >= 15 is 0 Å². The van der Waals surface area contributed by atoms with Gasteiger partial charge in [-0.15, -0.1) is 0 Å². The number of amides is 8. The van der Waals surface area contributed by atoms with Crippen molar-refractivity contribution in [3.05, 3.63) is 42.0 Å². The number of carbonyl (C=O) groups excluding carboxylic acids is 7. The van der Waals surface area contributed by atoms with Gasteiger partial charge in [-0.1, -0.05) is 32.4 Å². The Morgan fingerprint density at radius 1 is 0.927 bits per heavy atom. The average Bonchev–Trinajstić information content (AvgIpc) is 3.73. The quantitative estimate of drug-likeness (QED) is 0.0723. The Hall–Kier alpha value is -4.87. The van der Waals surface area contributed by atoms with Gasteiger partial charge in [-0.05, 0) is 82.5 Å². The third-order valence-corrected chi connectivity index (χ3v) is 9.85. The number of benzene rings is 1. The number of fused-ring (bicyclic) bond motifs is 1. The second-order valence-electron chi connectivity index (χ2n) is 15.0. The number of hydrogen-bond acceptors (Lipinski definition) is 10. The molecule has 1 aromatic rings. The Labute approximate surface area is 321 Å². The normalized spacial score (nSPS) is 22.3. The van der Waals surface area contributed by atoms with Crippen molar-refractivity contribution >= 4 is 47.2 Å².